The quantitative estimate of drug-likeness (QED) is 0.316. The molecule has 0 amide bonds. The lowest BCUT2D eigenvalue weighted by Gasteiger charge is -2.45. The van der Waals surface area contributed by atoms with Gasteiger partial charge in [0.1, 0.15) is 6.10 Å². The van der Waals surface area contributed by atoms with E-state index in [1.807, 2.05) is 12.1 Å². The fourth-order valence-corrected chi connectivity index (χ4v) is 11.2. The van der Waals surface area contributed by atoms with Crippen molar-refractivity contribution in [2.75, 3.05) is 6.61 Å². The summed E-state index contributed by atoms with van der Waals surface area (Å²) in [6.07, 6.45) is -0.978. The van der Waals surface area contributed by atoms with Crippen molar-refractivity contribution < 1.29 is 18.7 Å². The highest BCUT2D eigenvalue weighted by molar-refractivity contribution is 9.09. The molecule has 0 unspecified atom stereocenters. The molecule has 2 aromatic rings. The van der Waals surface area contributed by atoms with E-state index < -0.39 is 22.9 Å². The molecule has 0 saturated carbocycles. The highest BCUT2D eigenvalue weighted by atomic mass is 79.9. The summed E-state index contributed by atoms with van der Waals surface area (Å²) in [5.41, 5.74) is 0. The van der Waals surface area contributed by atoms with Crippen LogP contribution in [0.25, 0.3) is 0 Å². The number of benzene rings is 2. The SMILES string of the molecule is CC(C)(C)[Si](C)(C)OC[C@H](Br)[C@H]1O[C@@H](O)C[C@@H]1O[Si](c1ccccc1)(c1ccccc1)C(C)(C)C. The van der Waals surface area contributed by atoms with Gasteiger partial charge in [-0.25, -0.2) is 0 Å². The molecule has 2 aromatic carbocycles. The van der Waals surface area contributed by atoms with Crippen LogP contribution in [0.15, 0.2) is 60.7 Å². The van der Waals surface area contributed by atoms with Gasteiger partial charge in [-0.1, -0.05) is 118 Å². The van der Waals surface area contributed by atoms with Crippen molar-refractivity contribution in [1.82, 2.24) is 0 Å². The summed E-state index contributed by atoms with van der Waals surface area (Å²) in [6.45, 7) is 18.6. The molecule has 0 spiro atoms. The Morgan fingerprint density at radius 3 is 1.83 bits per heavy atom. The maximum atomic E-state index is 10.6. The Hall–Kier alpha value is -0.806. The van der Waals surface area contributed by atoms with Crippen LogP contribution in [-0.4, -0.2) is 51.7 Å². The molecule has 35 heavy (non-hydrogen) atoms. The zero-order valence-corrected chi connectivity index (χ0v) is 26.1. The molecule has 0 bridgehead atoms. The van der Waals surface area contributed by atoms with Crippen molar-refractivity contribution in [3.8, 4) is 0 Å². The molecule has 1 heterocycles. The van der Waals surface area contributed by atoms with Crippen LogP contribution in [0.4, 0.5) is 0 Å². The lowest BCUT2D eigenvalue weighted by Crippen LogP contribution is -2.68. The summed E-state index contributed by atoms with van der Waals surface area (Å²) >= 11 is 3.86. The molecule has 194 valence electrons. The molecule has 0 radical (unpaired) electrons. The molecule has 0 aromatic heterocycles. The third kappa shape index (κ3) is 6.20. The Labute approximate surface area is 222 Å². The Morgan fingerprint density at radius 1 is 0.914 bits per heavy atom. The zero-order chi connectivity index (χ0) is 26.1. The van der Waals surface area contributed by atoms with Gasteiger partial charge >= 0.3 is 0 Å². The smallest absolute Gasteiger partial charge is 0.261 e. The lowest BCUT2D eigenvalue weighted by atomic mass is 10.1. The molecule has 1 aliphatic heterocycles. The van der Waals surface area contributed by atoms with Crippen molar-refractivity contribution in [2.45, 2.75) is 94.5 Å². The molecule has 4 nitrogen and oxygen atoms in total. The Kier molecular flexibility index (Phi) is 8.95. The highest BCUT2D eigenvalue weighted by Gasteiger charge is 2.54. The third-order valence-corrected chi connectivity index (χ3v) is 18.0. The molecule has 4 atom stereocenters. The van der Waals surface area contributed by atoms with Gasteiger partial charge < -0.3 is 18.7 Å². The number of alkyl halides is 1. The first-order chi connectivity index (χ1) is 16.2. The Bertz CT molecular complexity index is 901. The largest absolute Gasteiger partial charge is 0.416 e. The van der Waals surface area contributed by atoms with Gasteiger partial charge in [-0.2, -0.15) is 0 Å². The maximum absolute atomic E-state index is 10.6. The predicted molar refractivity (Wildman–Crippen MR) is 154 cm³/mol. The van der Waals surface area contributed by atoms with E-state index in [0.717, 1.165) is 0 Å². The van der Waals surface area contributed by atoms with Crippen molar-refractivity contribution in [3.63, 3.8) is 0 Å². The second-order valence-corrected chi connectivity index (χ2v) is 22.4. The van der Waals surface area contributed by atoms with Crippen LogP contribution >= 0.6 is 15.9 Å². The maximum Gasteiger partial charge on any atom is 0.261 e. The monoisotopic (exact) mass is 578 g/mol. The average Bonchev–Trinajstić information content (AvgIpc) is 3.15. The van der Waals surface area contributed by atoms with Gasteiger partial charge in [-0.3, -0.25) is 0 Å². The molecule has 0 aliphatic carbocycles. The topological polar surface area (TPSA) is 47.9 Å². The summed E-state index contributed by atoms with van der Waals surface area (Å²) in [4.78, 5) is -0.0861. The van der Waals surface area contributed by atoms with E-state index in [1.54, 1.807) is 0 Å². The molecule has 1 N–H and O–H groups in total. The molecule has 1 fully saturated rings. The minimum Gasteiger partial charge on any atom is -0.416 e. The number of hydrogen-bond acceptors (Lipinski definition) is 4. The number of aliphatic hydroxyl groups excluding tert-OH is 1. The van der Waals surface area contributed by atoms with E-state index in [0.29, 0.717) is 13.0 Å². The van der Waals surface area contributed by atoms with Crippen LogP contribution in [0.3, 0.4) is 0 Å². The molecular weight excluding hydrogens is 536 g/mol. The van der Waals surface area contributed by atoms with Crippen LogP contribution in [0.1, 0.15) is 48.0 Å². The van der Waals surface area contributed by atoms with Crippen molar-refractivity contribution in [2.24, 2.45) is 0 Å². The minimum absolute atomic E-state index is 0.0861. The molecule has 3 rings (SSSR count). The van der Waals surface area contributed by atoms with E-state index in [1.165, 1.54) is 10.4 Å². The fourth-order valence-electron chi connectivity index (χ4n) is 4.61. The van der Waals surface area contributed by atoms with E-state index >= 15 is 0 Å². The van der Waals surface area contributed by atoms with Crippen molar-refractivity contribution in [1.29, 1.82) is 0 Å². The van der Waals surface area contributed by atoms with E-state index in [-0.39, 0.29) is 27.1 Å². The Balaban J connectivity index is 1.97. The van der Waals surface area contributed by atoms with Crippen LogP contribution in [-0.2, 0) is 13.6 Å². The van der Waals surface area contributed by atoms with Gasteiger partial charge in [-0.05, 0) is 33.5 Å². The number of hydrogen-bond donors (Lipinski definition) is 1. The molecule has 1 saturated heterocycles. The Morgan fingerprint density at radius 2 is 1.40 bits per heavy atom. The van der Waals surface area contributed by atoms with Crippen molar-refractivity contribution >= 4 is 42.9 Å². The first-order valence-electron chi connectivity index (χ1n) is 12.6. The van der Waals surface area contributed by atoms with Crippen LogP contribution in [0, 0.1) is 0 Å². The average molecular weight is 580 g/mol. The minimum atomic E-state index is -2.77. The van der Waals surface area contributed by atoms with Crippen molar-refractivity contribution in [3.05, 3.63) is 60.7 Å². The van der Waals surface area contributed by atoms with Gasteiger partial charge in [0.2, 0.25) is 0 Å². The van der Waals surface area contributed by atoms with E-state index in [2.05, 4.69) is 119 Å². The summed E-state index contributed by atoms with van der Waals surface area (Å²) in [5, 5.41) is 13.0. The fraction of sp³-hybridized carbons (Fsp3) is 0.571. The van der Waals surface area contributed by atoms with Gasteiger partial charge in [0.25, 0.3) is 8.32 Å². The normalized spacial score (nSPS) is 22.9. The van der Waals surface area contributed by atoms with Gasteiger partial charge in [-0.15, -0.1) is 0 Å². The first kappa shape index (κ1) is 28.8. The predicted octanol–water partition coefficient (Wildman–Crippen LogP) is 5.82. The summed E-state index contributed by atoms with van der Waals surface area (Å²) in [7, 11) is -4.69. The summed E-state index contributed by atoms with van der Waals surface area (Å²) in [5.74, 6) is 0. The number of rotatable bonds is 8. The molecule has 1 aliphatic rings. The molecular formula is C28H43BrO4Si2. The van der Waals surface area contributed by atoms with Gasteiger partial charge in [0.15, 0.2) is 14.6 Å². The number of halogens is 1. The summed E-state index contributed by atoms with van der Waals surface area (Å²) < 4.78 is 19.9. The van der Waals surface area contributed by atoms with E-state index in [4.69, 9.17) is 13.6 Å². The van der Waals surface area contributed by atoms with Gasteiger partial charge in [0.05, 0.1) is 10.9 Å². The first-order valence-corrected chi connectivity index (χ1v) is 18.3. The number of ether oxygens (including phenoxy) is 1. The second kappa shape index (κ2) is 10.9. The van der Waals surface area contributed by atoms with Crippen LogP contribution in [0.2, 0.25) is 23.2 Å². The summed E-state index contributed by atoms with van der Waals surface area (Å²) in [6, 6.07) is 21.2. The second-order valence-electron chi connectivity index (χ2n) is 12.2. The van der Waals surface area contributed by atoms with Gasteiger partial charge in [0, 0.05) is 13.0 Å². The lowest BCUT2D eigenvalue weighted by molar-refractivity contribution is -0.0957. The number of aliphatic hydroxyl groups is 1. The highest BCUT2D eigenvalue weighted by Crippen LogP contribution is 2.41. The third-order valence-electron chi connectivity index (χ3n) is 7.63. The zero-order valence-electron chi connectivity index (χ0n) is 22.5. The van der Waals surface area contributed by atoms with Crippen LogP contribution in [0.5, 0.6) is 0 Å². The standard InChI is InChI=1S/C28H43BrO4Si2/c1-27(2,3)34(7,8)31-20-23(29)26-24(19-25(30)32-26)33-35(28(4,5)6,21-15-11-9-12-16-21)22-17-13-10-14-18-22/h9-18,23-26,30H,19-20H2,1-8H3/t23-,24-,25+,26+/m0/s1. The van der Waals surface area contributed by atoms with E-state index in [9.17, 15) is 5.11 Å². The molecule has 7 heteroatoms. The van der Waals surface area contributed by atoms with Crippen LogP contribution < -0.4 is 10.4 Å².